The van der Waals surface area contributed by atoms with Crippen LogP contribution >= 0.6 is 0 Å². The second kappa shape index (κ2) is 8.15. The van der Waals surface area contributed by atoms with Crippen LogP contribution in [0.15, 0.2) is 24.3 Å². The Hall–Kier alpha value is -1.22. The van der Waals surface area contributed by atoms with Crippen molar-refractivity contribution in [1.29, 1.82) is 0 Å². The summed E-state index contributed by atoms with van der Waals surface area (Å²) >= 11 is 0. The molecule has 0 aliphatic heterocycles. The third-order valence-electron chi connectivity index (χ3n) is 4.04. The van der Waals surface area contributed by atoms with Gasteiger partial charge in [0.1, 0.15) is 12.4 Å². The summed E-state index contributed by atoms with van der Waals surface area (Å²) in [5, 5.41) is 3.66. The molecule has 1 N–H and O–H groups in total. The zero-order valence-electron chi connectivity index (χ0n) is 12.7. The lowest BCUT2D eigenvalue weighted by molar-refractivity contribution is 0.146. The Morgan fingerprint density at radius 2 is 1.85 bits per heavy atom. The van der Waals surface area contributed by atoms with Crippen molar-refractivity contribution in [3.05, 3.63) is 24.3 Å². The van der Waals surface area contributed by atoms with Crippen molar-refractivity contribution in [2.75, 3.05) is 25.6 Å². The average molecular weight is 277 g/mol. The molecule has 2 rings (SSSR count). The summed E-state index contributed by atoms with van der Waals surface area (Å²) in [5.74, 6) is 1.79. The molecule has 2 atom stereocenters. The van der Waals surface area contributed by atoms with E-state index in [0.29, 0.717) is 19.3 Å². The van der Waals surface area contributed by atoms with Gasteiger partial charge in [-0.3, -0.25) is 0 Å². The minimum atomic E-state index is 0.601. The third kappa shape index (κ3) is 5.04. The summed E-state index contributed by atoms with van der Waals surface area (Å²) < 4.78 is 10.5. The van der Waals surface area contributed by atoms with Gasteiger partial charge in [-0.05, 0) is 49.4 Å². The molecule has 0 spiro atoms. The predicted molar refractivity (Wildman–Crippen MR) is 83.5 cm³/mol. The number of hydrogen-bond acceptors (Lipinski definition) is 3. The standard InChI is InChI=1S/C17H27NO2/c1-14-4-3-5-15(7-6-14)18-16-8-10-17(11-9-16)20-13-12-19-2/h8-11,14-15,18H,3-7,12-13H2,1-2H3. The molecule has 0 radical (unpaired) electrons. The van der Waals surface area contributed by atoms with E-state index in [1.165, 1.54) is 37.8 Å². The van der Waals surface area contributed by atoms with Gasteiger partial charge in [-0.2, -0.15) is 0 Å². The van der Waals surface area contributed by atoms with E-state index in [2.05, 4.69) is 24.4 Å². The van der Waals surface area contributed by atoms with Gasteiger partial charge in [0.15, 0.2) is 0 Å². The summed E-state index contributed by atoms with van der Waals surface area (Å²) in [6.45, 7) is 3.60. The molecule has 1 aliphatic carbocycles. The van der Waals surface area contributed by atoms with Gasteiger partial charge < -0.3 is 14.8 Å². The van der Waals surface area contributed by atoms with Crippen LogP contribution in [0.3, 0.4) is 0 Å². The highest BCUT2D eigenvalue weighted by molar-refractivity contribution is 5.47. The molecule has 0 saturated heterocycles. The lowest BCUT2D eigenvalue weighted by Crippen LogP contribution is -2.18. The Labute approximate surface area is 122 Å². The maximum atomic E-state index is 5.57. The Morgan fingerprint density at radius 1 is 1.05 bits per heavy atom. The van der Waals surface area contributed by atoms with Crippen LogP contribution in [0.4, 0.5) is 5.69 Å². The summed E-state index contributed by atoms with van der Waals surface area (Å²) in [5.41, 5.74) is 1.20. The summed E-state index contributed by atoms with van der Waals surface area (Å²) in [4.78, 5) is 0. The normalized spacial score (nSPS) is 23.1. The van der Waals surface area contributed by atoms with Crippen molar-refractivity contribution in [2.24, 2.45) is 5.92 Å². The molecule has 0 amide bonds. The third-order valence-corrected chi connectivity index (χ3v) is 4.04. The van der Waals surface area contributed by atoms with Gasteiger partial charge in [0.25, 0.3) is 0 Å². The van der Waals surface area contributed by atoms with Gasteiger partial charge in [-0.25, -0.2) is 0 Å². The smallest absolute Gasteiger partial charge is 0.119 e. The van der Waals surface area contributed by atoms with E-state index in [1.807, 2.05) is 12.1 Å². The molecule has 1 saturated carbocycles. The van der Waals surface area contributed by atoms with Crippen LogP contribution in [0.2, 0.25) is 0 Å². The number of methoxy groups -OCH3 is 1. The first-order chi connectivity index (χ1) is 9.78. The molecule has 0 bridgehead atoms. The fourth-order valence-electron chi connectivity index (χ4n) is 2.76. The van der Waals surface area contributed by atoms with Crippen molar-refractivity contribution in [1.82, 2.24) is 0 Å². The van der Waals surface area contributed by atoms with Crippen LogP contribution in [0.1, 0.15) is 39.0 Å². The molecule has 1 aromatic rings. The SMILES string of the molecule is COCCOc1ccc(NC2CCCC(C)CC2)cc1. The quantitative estimate of drug-likeness (QED) is 0.627. The first-order valence-corrected chi connectivity index (χ1v) is 7.76. The van der Waals surface area contributed by atoms with Gasteiger partial charge in [-0.1, -0.05) is 19.8 Å². The van der Waals surface area contributed by atoms with E-state index >= 15 is 0 Å². The number of hydrogen-bond donors (Lipinski definition) is 1. The molecule has 3 heteroatoms. The maximum absolute atomic E-state index is 5.57. The average Bonchev–Trinajstić information content (AvgIpc) is 2.66. The van der Waals surface area contributed by atoms with Gasteiger partial charge >= 0.3 is 0 Å². The summed E-state index contributed by atoms with van der Waals surface area (Å²) in [6, 6.07) is 8.89. The zero-order valence-corrected chi connectivity index (χ0v) is 12.7. The first kappa shape index (κ1) is 15.2. The topological polar surface area (TPSA) is 30.5 Å². The molecule has 0 heterocycles. The van der Waals surface area contributed by atoms with E-state index < -0.39 is 0 Å². The highest BCUT2D eigenvalue weighted by Gasteiger charge is 2.15. The van der Waals surface area contributed by atoms with Gasteiger partial charge in [0.2, 0.25) is 0 Å². The zero-order chi connectivity index (χ0) is 14.2. The van der Waals surface area contributed by atoms with E-state index in [0.717, 1.165) is 11.7 Å². The highest BCUT2D eigenvalue weighted by Crippen LogP contribution is 2.25. The Kier molecular flexibility index (Phi) is 6.19. The Morgan fingerprint density at radius 3 is 2.60 bits per heavy atom. The van der Waals surface area contributed by atoms with Crippen molar-refractivity contribution in [2.45, 2.75) is 45.1 Å². The van der Waals surface area contributed by atoms with Crippen molar-refractivity contribution >= 4 is 5.69 Å². The number of benzene rings is 1. The number of ether oxygens (including phenoxy) is 2. The lowest BCUT2D eigenvalue weighted by atomic mass is 10.0. The summed E-state index contributed by atoms with van der Waals surface area (Å²) in [6.07, 6.45) is 6.64. The number of nitrogens with one attached hydrogen (secondary N) is 1. The summed E-state index contributed by atoms with van der Waals surface area (Å²) in [7, 11) is 1.68. The van der Waals surface area contributed by atoms with E-state index in [9.17, 15) is 0 Å². The highest BCUT2D eigenvalue weighted by atomic mass is 16.5. The van der Waals surface area contributed by atoms with Crippen molar-refractivity contribution in [3.8, 4) is 5.75 Å². The number of anilines is 1. The Bertz CT molecular complexity index is 377. The van der Waals surface area contributed by atoms with Crippen LogP contribution in [-0.4, -0.2) is 26.4 Å². The van der Waals surface area contributed by atoms with E-state index in [1.54, 1.807) is 7.11 Å². The Balaban J connectivity index is 1.80. The first-order valence-electron chi connectivity index (χ1n) is 7.76. The maximum Gasteiger partial charge on any atom is 0.119 e. The largest absolute Gasteiger partial charge is 0.491 e. The molecule has 1 fully saturated rings. The molecular weight excluding hydrogens is 250 g/mol. The second-order valence-electron chi connectivity index (χ2n) is 5.82. The van der Waals surface area contributed by atoms with Crippen molar-refractivity contribution < 1.29 is 9.47 Å². The molecule has 2 unspecified atom stereocenters. The molecule has 20 heavy (non-hydrogen) atoms. The molecule has 0 aromatic heterocycles. The molecule has 3 nitrogen and oxygen atoms in total. The minimum Gasteiger partial charge on any atom is -0.491 e. The molecule has 1 aliphatic rings. The molecule has 1 aromatic carbocycles. The van der Waals surface area contributed by atoms with E-state index in [-0.39, 0.29) is 0 Å². The van der Waals surface area contributed by atoms with Crippen molar-refractivity contribution in [3.63, 3.8) is 0 Å². The van der Waals surface area contributed by atoms with Crippen LogP contribution in [-0.2, 0) is 4.74 Å². The van der Waals surface area contributed by atoms with Crippen LogP contribution in [0.25, 0.3) is 0 Å². The minimum absolute atomic E-state index is 0.601. The fraction of sp³-hybridized carbons (Fsp3) is 0.647. The second-order valence-corrected chi connectivity index (χ2v) is 5.82. The van der Waals surface area contributed by atoms with Gasteiger partial charge in [0.05, 0.1) is 6.61 Å². The number of rotatable bonds is 6. The van der Waals surface area contributed by atoms with Gasteiger partial charge in [-0.15, -0.1) is 0 Å². The fourth-order valence-corrected chi connectivity index (χ4v) is 2.76. The predicted octanol–water partition coefficient (Wildman–Crippen LogP) is 4.09. The van der Waals surface area contributed by atoms with Crippen LogP contribution in [0.5, 0.6) is 5.75 Å². The van der Waals surface area contributed by atoms with E-state index in [4.69, 9.17) is 9.47 Å². The molecule has 112 valence electrons. The molecular formula is C17H27NO2. The lowest BCUT2D eigenvalue weighted by Gasteiger charge is -2.18. The van der Waals surface area contributed by atoms with Crippen LogP contribution in [0, 0.1) is 5.92 Å². The van der Waals surface area contributed by atoms with Crippen LogP contribution < -0.4 is 10.1 Å². The monoisotopic (exact) mass is 277 g/mol. The van der Waals surface area contributed by atoms with Gasteiger partial charge in [0, 0.05) is 18.8 Å².